The fourth-order valence-electron chi connectivity index (χ4n) is 2.17. The Hall–Kier alpha value is -2.65. The molecule has 2 rings (SSSR count). The van der Waals surface area contributed by atoms with Crippen molar-refractivity contribution < 1.29 is 9.59 Å². The lowest BCUT2D eigenvalue weighted by Crippen LogP contribution is -2.28. The molecule has 0 fully saturated rings. The van der Waals surface area contributed by atoms with E-state index in [0.29, 0.717) is 37.1 Å². The second kappa shape index (κ2) is 8.85. The summed E-state index contributed by atoms with van der Waals surface area (Å²) in [7, 11) is 1.75. The van der Waals surface area contributed by atoms with E-state index in [2.05, 4.69) is 11.4 Å². The van der Waals surface area contributed by atoms with Crippen LogP contribution in [0.5, 0.6) is 0 Å². The van der Waals surface area contributed by atoms with E-state index in [-0.39, 0.29) is 11.8 Å². The Bertz CT molecular complexity index is 718. The van der Waals surface area contributed by atoms with Crippen LogP contribution in [0.25, 0.3) is 0 Å². The molecule has 0 radical (unpaired) electrons. The predicted octanol–water partition coefficient (Wildman–Crippen LogP) is 2.79. The third-order valence-electron chi connectivity index (χ3n) is 3.56. The zero-order valence-corrected chi connectivity index (χ0v) is 14.3. The minimum Gasteiger partial charge on any atom is -0.352 e. The van der Waals surface area contributed by atoms with Gasteiger partial charge in [-0.2, -0.15) is 16.6 Å². The van der Waals surface area contributed by atoms with E-state index in [1.807, 2.05) is 17.5 Å². The number of benzene rings is 1. The molecule has 124 valence electrons. The maximum atomic E-state index is 12.1. The molecule has 1 N–H and O–H groups in total. The Morgan fingerprint density at radius 2 is 2.00 bits per heavy atom. The minimum absolute atomic E-state index is 0.0316. The molecule has 1 heterocycles. The molecule has 0 aliphatic heterocycles. The van der Waals surface area contributed by atoms with Crippen LogP contribution >= 0.6 is 11.3 Å². The highest BCUT2D eigenvalue weighted by atomic mass is 32.1. The quantitative estimate of drug-likeness (QED) is 0.787. The predicted molar refractivity (Wildman–Crippen MR) is 93.5 cm³/mol. The summed E-state index contributed by atoms with van der Waals surface area (Å²) in [5.74, 6) is -0.0706. The highest BCUT2D eigenvalue weighted by Gasteiger charge is 2.10. The van der Waals surface area contributed by atoms with Crippen molar-refractivity contribution in [1.82, 2.24) is 10.2 Å². The number of nitrogens with zero attached hydrogens (tertiary/aromatic N) is 2. The Morgan fingerprint density at radius 3 is 2.62 bits per heavy atom. The third kappa shape index (κ3) is 5.21. The number of carbonyl (C=O) groups is 2. The van der Waals surface area contributed by atoms with Crippen LogP contribution in [0.2, 0.25) is 0 Å². The molecule has 1 aromatic carbocycles. The van der Waals surface area contributed by atoms with Gasteiger partial charge in [0.25, 0.3) is 5.91 Å². The van der Waals surface area contributed by atoms with Gasteiger partial charge in [0.2, 0.25) is 5.91 Å². The van der Waals surface area contributed by atoms with Crippen molar-refractivity contribution in [3.8, 4) is 6.07 Å². The largest absolute Gasteiger partial charge is 0.352 e. The fraction of sp³-hybridized carbons (Fsp3) is 0.278. The number of hydrogen-bond donors (Lipinski definition) is 1. The van der Waals surface area contributed by atoms with Crippen molar-refractivity contribution in [2.45, 2.75) is 19.4 Å². The van der Waals surface area contributed by atoms with Crippen molar-refractivity contribution in [3.63, 3.8) is 0 Å². The van der Waals surface area contributed by atoms with Crippen LogP contribution in [-0.4, -0.2) is 30.3 Å². The fourth-order valence-corrected chi connectivity index (χ4v) is 2.81. The summed E-state index contributed by atoms with van der Waals surface area (Å²) in [4.78, 5) is 25.5. The number of nitrogens with one attached hydrogen (secondary N) is 1. The molecule has 1 aromatic heterocycles. The number of amides is 2. The van der Waals surface area contributed by atoms with Gasteiger partial charge in [0.15, 0.2) is 0 Å². The van der Waals surface area contributed by atoms with Gasteiger partial charge in [0, 0.05) is 37.5 Å². The molecule has 5 nitrogen and oxygen atoms in total. The maximum absolute atomic E-state index is 12.1. The molecule has 0 aliphatic rings. The van der Waals surface area contributed by atoms with Gasteiger partial charge in [-0.3, -0.25) is 9.59 Å². The molecule has 0 unspecified atom stereocenters. The molecule has 0 saturated heterocycles. The first-order valence-corrected chi connectivity index (χ1v) is 8.58. The molecule has 2 aromatic rings. The highest BCUT2D eigenvalue weighted by molar-refractivity contribution is 7.08. The van der Waals surface area contributed by atoms with Gasteiger partial charge in [-0.15, -0.1) is 0 Å². The first kappa shape index (κ1) is 17.7. The van der Waals surface area contributed by atoms with E-state index in [0.717, 1.165) is 5.56 Å². The maximum Gasteiger partial charge on any atom is 0.252 e. The van der Waals surface area contributed by atoms with Crippen molar-refractivity contribution in [2.75, 3.05) is 13.6 Å². The van der Waals surface area contributed by atoms with Crippen molar-refractivity contribution in [2.24, 2.45) is 0 Å². The number of carbonyl (C=O) groups excluding carboxylic acids is 2. The normalized spacial score (nSPS) is 10.0. The molecule has 0 aliphatic carbocycles. The van der Waals surface area contributed by atoms with Crippen LogP contribution in [0.4, 0.5) is 0 Å². The molecule has 24 heavy (non-hydrogen) atoms. The van der Waals surface area contributed by atoms with Crippen LogP contribution in [0.15, 0.2) is 41.1 Å². The van der Waals surface area contributed by atoms with Crippen molar-refractivity contribution >= 4 is 23.2 Å². The number of rotatable bonds is 7. The smallest absolute Gasteiger partial charge is 0.252 e. The van der Waals surface area contributed by atoms with Gasteiger partial charge in [-0.25, -0.2) is 0 Å². The topological polar surface area (TPSA) is 73.2 Å². The molecule has 2 amide bonds. The van der Waals surface area contributed by atoms with Crippen molar-refractivity contribution in [3.05, 3.63) is 57.8 Å². The van der Waals surface area contributed by atoms with Gasteiger partial charge in [-0.1, -0.05) is 12.1 Å². The first-order chi connectivity index (χ1) is 11.6. The molecule has 6 heteroatoms. The standard InChI is InChI=1S/C18H19N3O2S/c1-21(12-15-6-4-14(11-19)5-7-15)17(22)3-2-9-20-18(23)16-8-10-24-13-16/h4-8,10,13H,2-3,9,12H2,1H3,(H,20,23). The Kier molecular flexibility index (Phi) is 6.52. The van der Waals surface area contributed by atoms with Crippen LogP contribution in [-0.2, 0) is 11.3 Å². The van der Waals surface area contributed by atoms with Crippen LogP contribution in [0.1, 0.15) is 34.3 Å². The van der Waals surface area contributed by atoms with Crippen LogP contribution in [0, 0.1) is 11.3 Å². The van der Waals surface area contributed by atoms with Gasteiger partial charge >= 0.3 is 0 Å². The average molecular weight is 341 g/mol. The second-order valence-electron chi connectivity index (χ2n) is 5.43. The van der Waals surface area contributed by atoms with Gasteiger partial charge in [-0.05, 0) is 35.6 Å². The number of hydrogen-bond acceptors (Lipinski definition) is 4. The molecule has 0 bridgehead atoms. The number of thiophene rings is 1. The van der Waals surface area contributed by atoms with Gasteiger partial charge < -0.3 is 10.2 Å². The summed E-state index contributed by atoms with van der Waals surface area (Å²) >= 11 is 1.48. The average Bonchev–Trinajstić information content (AvgIpc) is 3.13. The number of nitriles is 1. The summed E-state index contributed by atoms with van der Waals surface area (Å²) in [5.41, 5.74) is 2.24. The lowest BCUT2D eigenvalue weighted by atomic mass is 10.1. The molecular formula is C18H19N3O2S. The molecular weight excluding hydrogens is 322 g/mol. The van der Waals surface area contributed by atoms with Gasteiger partial charge in [0.1, 0.15) is 0 Å². The first-order valence-electron chi connectivity index (χ1n) is 7.63. The molecule has 0 atom stereocenters. The van der Waals surface area contributed by atoms with Crippen LogP contribution < -0.4 is 5.32 Å². The zero-order valence-electron chi connectivity index (χ0n) is 13.5. The van der Waals surface area contributed by atoms with E-state index < -0.39 is 0 Å². The monoisotopic (exact) mass is 341 g/mol. The summed E-state index contributed by atoms with van der Waals surface area (Å²) in [5, 5.41) is 15.2. The third-order valence-corrected chi connectivity index (χ3v) is 4.25. The Labute approximate surface area is 145 Å². The minimum atomic E-state index is -0.102. The zero-order chi connectivity index (χ0) is 17.4. The van der Waals surface area contributed by atoms with E-state index in [1.54, 1.807) is 35.5 Å². The summed E-state index contributed by atoms with van der Waals surface area (Å²) in [6, 6.07) is 11.0. The lowest BCUT2D eigenvalue weighted by Gasteiger charge is -2.17. The Morgan fingerprint density at radius 1 is 1.25 bits per heavy atom. The lowest BCUT2D eigenvalue weighted by molar-refractivity contribution is -0.130. The summed E-state index contributed by atoms with van der Waals surface area (Å²) < 4.78 is 0. The van der Waals surface area contributed by atoms with Crippen molar-refractivity contribution in [1.29, 1.82) is 5.26 Å². The molecule has 0 saturated carbocycles. The summed E-state index contributed by atoms with van der Waals surface area (Å²) in [6.45, 7) is 0.983. The Balaban J connectivity index is 1.69. The second-order valence-corrected chi connectivity index (χ2v) is 6.21. The summed E-state index contributed by atoms with van der Waals surface area (Å²) in [6.07, 6.45) is 0.989. The molecule has 0 spiro atoms. The van der Waals surface area contributed by atoms with Gasteiger partial charge in [0.05, 0.1) is 11.6 Å². The van der Waals surface area contributed by atoms with E-state index in [1.165, 1.54) is 11.3 Å². The van der Waals surface area contributed by atoms with E-state index in [4.69, 9.17) is 5.26 Å². The van der Waals surface area contributed by atoms with E-state index in [9.17, 15) is 9.59 Å². The van der Waals surface area contributed by atoms with Crippen LogP contribution in [0.3, 0.4) is 0 Å². The SMILES string of the molecule is CN(Cc1ccc(C#N)cc1)C(=O)CCCNC(=O)c1ccsc1. The van der Waals surface area contributed by atoms with E-state index >= 15 is 0 Å². The highest BCUT2D eigenvalue weighted by Crippen LogP contribution is 2.08.